The van der Waals surface area contributed by atoms with Crippen LogP contribution in [0.15, 0.2) is 4.52 Å². The lowest BCUT2D eigenvalue weighted by atomic mass is 10.6. The van der Waals surface area contributed by atoms with Crippen LogP contribution in [0.25, 0.3) is 0 Å². The van der Waals surface area contributed by atoms with Crippen LogP contribution in [0.1, 0.15) is 5.82 Å². The largest absolute Gasteiger partial charge is 0.336 e. The predicted octanol–water partition coefficient (Wildman–Crippen LogP) is -0.661. The first-order valence-electron chi connectivity index (χ1n) is 3.96. The third-order valence-electron chi connectivity index (χ3n) is 1.29. The van der Waals surface area contributed by atoms with Gasteiger partial charge in [0.05, 0.1) is 6.26 Å². The molecular weight excluding hydrogens is 208 g/mol. The minimum absolute atomic E-state index is 0.278. The second kappa shape index (κ2) is 4.38. The highest BCUT2D eigenvalue weighted by Gasteiger charge is 2.02. The van der Waals surface area contributed by atoms with E-state index in [0.29, 0.717) is 12.4 Å². The Morgan fingerprint density at radius 2 is 2.14 bits per heavy atom. The topological polar surface area (TPSA) is 97.1 Å². The molecule has 0 aromatic carbocycles. The predicted molar refractivity (Wildman–Crippen MR) is 50.4 cm³/mol. The van der Waals surface area contributed by atoms with Gasteiger partial charge in [-0.05, 0) is 6.92 Å². The zero-order chi connectivity index (χ0) is 10.6. The first-order valence-corrected chi connectivity index (χ1v) is 5.85. The summed E-state index contributed by atoms with van der Waals surface area (Å²) in [5.41, 5.74) is 0. The van der Waals surface area contributed by atoms with Crippen molar-refractivity contribution in [2.24, 2.45) is 0 Å². The lowest BCUT2D eigenvalue weighted by Gasteiger charge is -2.01. The van der Waals surface area contributed by atoms with Crippen molar-refractivity contribution in [1.82, 2.24) is 14.9 Å². The quantitative estimate of drug-likeness (QED) is 0.639. The Morgan fingerprint density at radius 3 is 2.64 bits per heavy atom. The van der Waals surface area contributed by atoms with Crippen LogP contribution >= 0.6 is 0 Å². The van der Waals surface area contributed by atoms with Crippen LogP contribution in [0.3, 0.4) is 0 Å². The van der Waals surface area contributed by atoms with Gasteiger partial charge in [-0.3, -0.25) is 0 Å². The number of sulfonamides is 1. The third-order valence-corrected chi connectivity index (χ3v) is 2.02. The Labute approximate surface area is 81.9 Å². The molecule has 0 unspecified atom stereocenters. The number of nitrogens with one attached hydrogen (secondary N) is 2. The zero-order valence-electron chi connectivity index (χ0n) is 7.94. The lowest BCUT2D eigenvalue weighted by Crippen LogP contribution is -2.27. The smallest absolute Gasteiger partial charge is 0.321 e. The van der Waals surface area contributed by atoms with E-state index in [1.807, 2.05) is 0 Å². The highest BCUT2D eigenvalue weighted by Crippen LogP contribution is 2.00. The van der Waals surface area contributed by atoms with Gasteiger partial charge in [0.1, 0.15) is 0 Å². The van der Waals surface area contributed by atoms with E-state index in [4.69, 9.17) is 4.52 Å². The van der Waals surface area contributed by atoms with Crippen LogP contribution < -0.4 is 10.0 Å². The fourth-order valence-corrected chi connectivity index (χ4v) is 1.25. The SMILES string of the molecule is Cc1noc(NCCNS(C)(=O)=O)n1. The lowest BCUT2D eigenvalue weighted by molar-refractivity contribution is 0.425. The molecule has 0 aliphatic carbocycles. The highest BCUT2D eigenvalue weighted by molar-refractivity contribution is 7.88. The molecule has 0 aliphatic rings. The van der Waals surface area contributed by atoms with E-state index in [-0.39, 0.29) is 12.6 Å². The van der Waals surface area contributed by atoms with Gasteiger partial charge >= 0.3 is 6.01 Å². The van der Waals surface area contributed by atoms with Crippen molar-refractivity contribution in [2.75, 3.05) is 24.7 Å². The number of rotatable bonds is 5. The zero-order valence-corrected chi connectivity index (χ0v) is 8.76. The first kappa shape index (κ1) is 10.9. The molecule has 1 rings (SSSR count). The van der Waals surface area contributed by atoms with Gasteiger partial charge in [0.15, 0.2) is 5.82 Å². The second-order valence-electron chi connectivity index (χ2n) is 2.74. The van der Waals surface area contributed by atoms with Crippen LogP contribution in [0.2, 0.25) is 0 Å². The molecular formula is C6H12N4O3S. The van der Waals surface area contributed by atoms with Crippen LogP contribution in [-0.2, 0) is 10.0 Å². The van der Waals surface area contributed by atoms with Gasteiger partial charge < -0.3 is 9.84 Å². The molecule has 0 fully saturated rings. The third kappa shape index (κ3) is 4.19. The average molecular weight is 220 g/mol. The van der Waals surface area contributed by atoms with Gasteiger partial charge in [0.25, 0.3) is 0 Å². The van der Waals surface area contributed by atoms with E-state index in [9.17, 15) is 8.42 Å². The van der Waals surface area contributed by atoms with Gasteiger partial charge in [-0.25, -0.2) is 13.1 Å². The summed E-state index contributed by atoms with van der Waals surface area (Å²) >= 11 is 0. The Bertz CT molecular complexity index is 386. The normalized spacial score (nSPS) is 11.6. The average Bonchev–Trinajstić information content (AvgIpc) is 2.44. The molecule has 14 heavy (non-hydrogen) atoms. The maximum Gasteiger partial charge on any atom is 0.321 e. The van der Waals surface area contributed by atoms with Gasteiger partial charge in [-0.2, -0.15) is 4.98 Å². The maximum absolute atomic E-state index is 10.7. The van der Waals surface area contributed by atoms with E-state index < -0.39 is 10.0 Å². The fourth-order valence-electron chi connectivity index (χ4n) is 0.775. The molecule has 1 aromatic rings. The number of nitrogens with zero attached hydrogens (tertiary/aromatic N) is 2. The van der Waals surface area contributed by atoms with Gasteiger partial charge in [-0.15, -0.1) is 0 Å². The summed E-state index contributed by atoms with van der Waals surface area (Å²) in [7, 11) is -3.13. The monoisotopic (exact) mass is 220 g/mol. The van der Waals surface area contributed by atoms with Crippen LogP contribution in [0.5, 0.6) is 0 Å². The van der Waals surface area contributed by atoms with Gasteiger partial charge in [0, 0.05) is 13.1 Å². The molecule has 0 atom stereocenters. The second-order valence-corrected chi connectivity index (χ2v) is 4.57. The van der Waals surface area contributed by atoms with Gasteiger partial charge in [-0.1, -0.05) is 5.16 Å². The first-order chi connectivity index (χ1) is 6.47. The molecule has 0 aliphatic heterocycles. The van der Waals surface area contributed by atoms with Crippen molar-refractivity contribution in [3.63, 3.8) is 0 Å². The Balaban J connectivity index is 2.23. The number of hydrogen-bond acceptors (Lipinski definition) is 6. The molecule has 8 heteroatoms. The number of aromatic nitrogens is 2. The van der Waals surface area contributed by atoms with E-state index in [1.165, 1.54) is 0 Å². The fraction of sp³-hybridized carbons (Fsp3) is 0.667. The Hall–Kier alpha value is -1.15. The van der Waals surface area contributed by atoms with E-state index >= 15 is 0 Å². The van der Waals surface area contributed by atoms with Crippen molar-refractivity contribution in [3.05, 3.63) is 5.82 Å². The van der Waals surface area contributed by atoms with E-state index in [0.717, 1.165) is 6.26 Å². The summed E-state index contributed by atoms with van der Waals surface area (Å²) in [4.78, 5) is 3.88. The minimum Gasteiger partial charge on any atom is -0.336 e. The van der Waals surface area contributed by atoms with Crippen LogP contribution in [0.4, 0.5) is 6.01 Å². The molecule has 0 radical (unpaired) electrons. The molecule has 0 bridgehead atoms. The number of aryl methyl sites for hydroxylation is 1. The molecule has 0 spiro atoms. The van der Waals surface area contributed by atoms with E-state index in [2.05, 4.69) is 20.2 Å². The maximum atomic E-state index is 10.7. The van der Waals surface area contributed by atoms with Crippen molar-refractivity contribution in [3.8, 4) is 0 Å². The summed E-state index contributed by atoms with van der Waals surface area (Å²) in [6.45, 7) is 2.37. The summed E-state index contributed by atoms with van der Waals surface area (Å²) < 4.78 is 28.4. The molecule has 1 heterocycles. The molecule has 0 amide bonds. The summed E-state index contributed by atoms with van der Waals surface area (Å²) in [6, 6.07) is 0.290. The summed E-state index contributed by atoms with van der Waals surface area (Å²) in [5.74, 6) is 0.531. The van der Waals surface area contributed by atoms with Crippen molar-refractivity contribution in [2.45, 2.75) is 6.92 Å². The Kier molecular flexibility index (Phi) is 3.42. The molecule has 7 nitrogen and oxygen atoms in total. The molecule has 1 aromatic heterocycles. The van der Waals surface area contributed by atoms with Crippen molar-refractivity contribution < 1.29 is 12.9 Å². The van der Waals surface area contributed by atoms with E-state index in [1.54, 1.807) is 6.92 Å². The minimum atomic E-state index is -3.13. The van der Waals surface area contributed by atoms with Crippen LogP contribution in [-0.4, -0.2) is 37.9 Å². The van der Waals surface area contributed by atoms with Crippen molar-refractivity contribution >= 4 is 16.0 Å². The molecule has 0 saturated carbocycles. The summed E-state index contributed by atoms with van der Waals surface area (Å²) in [5, 5.41) is 6.33. The number of hydrogen-bond donors (Lipinski definition) is 2. The van der Waals surface area contributed by atoms with Gasteiger partial charge in [0.2, 0.25) is 10.0 Å². The molecule has 80 valence electrons. The highest BCUT2D eigenvalue weighted by atomic mass is 32.2. The van der Waals surface area contributed by atoms with Crippen molar-refractivity contribution in [1.29, 1.82) is 0 Å². The Morgan fingerprint density at radius 1 is 1.43 bits per heavy atom. The van der Waals surface area contributed by atoms with Crippen LogP contribution in [0, 0.1) is 6.92 Å². The molecule has 2 N–H and O–H groups in total. The summed E-state index contributed by atoms with van der Waals surface area (Å²) in [6.07, 6.45) is 1.10. The number of anilines is 1. The molecule has 0 saturated heterocycles. The standard InChI is InChI=1S/C6H12N4O3S/c1-5-9-6(13-10-5)7-3-4-8-14(2,11)12/h8H,3-4H2,1-2H3,(H,7,9,10).